The van der Waals surface area contributed by atoms with Crippen molar-refractivity contribution in [2.75, 3.05) is 19.6 Å². The lowest BCUT2D eigenvalue weighted by molar-refractivity contribution is -0.150. The third kappa shape index (κ3) is 4.75. The van der Waals surface area contributed by atoms with Gasteiger partial charge in [-0.2, -0.15) is 0 Å². The topological polar surface area (TPSA) is 74.7 Å². The van der Waals surface area contributed by atoms with Crippen LogP contribution in [0, 0.1) is 6.92 Å². The molecular weight excluding hydrogens is 398 g/mol. The highest BCUT2D eigenvalue weighted by molar-refractivity contribution is 8.00. The molecule has 0 saturated carbocycles. The van der Waals surface area contributed by atoms with Crippen LogP contribution in [-0.2, 0) is 11.4 Å². The average Bonchev–Trinajstić information content (AvgIpc) is 3.20. The lowest BCUT2D eigenvalue weighted by Gasteiger charge is -2.29. The smallest absolute Gasteiger partial charge is 0.233 e. The molecule has 1 fully saturated rings. The van der Waals surface area contributed by atoms with Gasteiger partial charge in [0.2, 0.25) is 6.41 Å². The number of pyridine rings is 1. The molecular formula is C23H25N3O3S. The Hall–Kier alpha value is -2.61. The molecule has 7 heteroatoms. The number of para-hydroxylation sites is 1. The SMILES string of the molecule is Cc1cc(COc2ccc(SC3(CN(O)C=O)CCNC3)cc2)c2ccccc2n1. The Bertz CT molecular complexity index is 1020. The number of carbonyl (C=O) groups is 1. The summed E-state index contributed by atoms with van der Waals surface area (Å²) < 4.78 is 5.81. The maximum atomic E-state index is 10.8. The van der Waals surface area contributed by atoms with Gasteiger partial charge >= 0.3 is 0 Å². The highest BCUT2D eigenvalue weighted by Crippen LogP contribution is 2.38. The Kier molecular flexibility index (Phi) is 6.22. The highest BCUT2D eigenvalue weighted by atomic mass is 32.2. The van der Waals surface area contributed by atoms with Crippen LogP contribution in [0.2, 0.25) is 0 Å². The molecule has 3 aromatic rings. The number of hydroxylamine groups is 2. The number of rotatable bonds is 8. The summed E-state index contributed by atoms with van der Waals surface area (Å²) in [6.07, 6.45) is 1.34. The van der Waals surface area contributed by atoms with Crippen LogP contribution in [-0.4, -0.2) is 46.0 Å². The fourth-order valence-corrected chi connectivity index (χ4v) is 5.18. The van der Waals surface area contributed by atoms with E-state index >= 15 is 0 Å². The average molecular weight is 424 g/mol. The van der Waals surface area contributed by atoms with Crippen molar-refractivity contribution in [2.24, 2.45) is 0 Å². The van der Waals surface area contributed by atoms with E-state index in [0.717, 1.165) is 57.4 Å². The molecule has 2 heterocycles. The van der Waals surface area contributed by atoms with E-state index in [4.69, 9.17) is 4.74 Å². The van der Waals surface area contributed by atoms with Gasteiger partial charge in [0, 0.05) is 28.1 Å². The molecule has 1 saturated heterocycles. The molecule has 30 heavy (non-hydrogen) atoms. The predicted molar refractivity (Wildman–Crippen MR) is 118 cm³/mol. The van der Waals surface area contributed by atoms with Crippen LogP contribution in [0.5, 0.6) is 5.75 Å². The van der Waals surface area contributed by atoms with Crippen molar-refractivity contribution >= 4 is 29.1 Å². The number of nitrogens with one attached hydrogen (secondary N) is 1. The van der Waals surface area contributed by atoms with Crippen molar-refractivity contribution in [2.45, 2.75) is 29.6 Å². The molecule has 0 aliphatic carbocycles. The number of amides is 1. The molecule has 0 bridgehead atoms. The molecule has 0 spiro atoms. The van der Waals surface area contributed by atoms with Crippen molar-refractivity contribution in [3.8, 4) is 5.75 Å². The lowest BCUT2D eigenvalue weighted by atomic mass is 10.1. The number of hydrogen-bond acceptors (Lipinski definition) is 6. The van der Waals surface area contributed by atoms with E-state index < -0.39 is 0 Å². The lowest BCUT2D eigenvalue weighted by Crippen LogP contribution is -2.40. The van der Waals surface area contributed by atoms with Crippen LogP contribution < -0.4 is 10.1 Å². The second-order valence-corrected chi connectivity index (χ2v) is 9.16. The van der Waals surface area contributed by atoms with E-state index in [1.165, 1.54) is 0 Å². The van der Waals surface area contributed by atoms with E-state index in [1.54, 1.807) is 11.8 Å². The van der Waals surface area contributed by atoms with Crippen LogP contribution in [0.15, 0.2) is 59.5 Å². The molecule has 4 rings (SSSR count). The monoisotopic (exact) mass is 423 g/mol. The standard InChI is InChI=1S/C23H25N3O3S/c1-17-12-18(21-4-2-3-5-22(21)25-17)13-29-19-6-8-20(9-7-19)30-23(10-11-24-14-23)15-26(28)16-27/h2-9,12,16,24,28H,10-11,13-15H2,1H3. The highest BCUT2D eigenvalue weighted by Gasteiger charge is 2.36. The molecule has 1 aliphatic heterocycles. The number of thioether (sulfide) groups is 1. The van der Waals surface area contributed by atoms with Crippen molar-refractivity contribution < 1.29 is 14.7 Å². The summed E-state index contributed by atoms with van der Waals surface area (Å²) in [5, 5.41) is 14.8. The zero-order valence-electron chi connectivity index (χ0n) is 16.9. The number of ether oxygens (including phenoxy) is 1. The molecule has 1 unspecified atom stereocenters. The van der Waals surface area contributed by atoms with Crippen LogP contribution in [0.3, 0.4) is 0 Å². The number of hydrogen-bond donors (Lipinski definition) is 2. The fraction of sp³-hybridized carbons (Fsp3) is 0.304. The number of fused-ring (bicyclic) bond motifs is 1. The molecule has 1 atom stereocenters. The van der Waals surface area contributed by atoms with Crippen molar-refractivity contribution in [1.82, 2.24) is 15.4 Å². The minimum Gasteiger partial charge on any atom is -0.489 e. The zero-order valence-corrected chi connectivity index (χ0v) is 17.7. The number of nitrogens with zero attached hydrogens (tertiary/aromatic N) is 2. The summed E-state index contributed by atoms with van der Waals surface area (Å²) in [5.41, 5.74) is 3.07. The zero-order chi connectivity index (χ0) is 21.0. The van der Waals surface area contributed by atoms with E-state index in [-0.39, 0.29) is 4.75 Å². The summed E-state index contributed by atoms with van der Waals surface area (Å²) >= 11 is 1.68. The molecule has 0 radical (unpaired) electrons. The summed E-state index contributed by atoms with van der Waals surface area (Å²) in [6.45, 7) is 4.38. The second kappa shape index (κ2) is 9.04. The van der Waals surface area contributed by atoms with Crippen molar-refractivity contribution in [1.29, 1.82) is 0 Å². The summed E-state index contributed by atoms with van der Waals surface area (Å²) in [4.78, 5) is 16.5. The van der Waals surface area contributed by atoms with Gasteiger partial charge in [-0.25, -0.2) is 5.06 Å². The van der Waals surface area contributed by atoms with Crippen LogP contribution in [0.4, 0.5) is 0 Å². The summed E-state index contributed by atoms with van der Waals surface area (Å²) in [5.74, 6) is 0.799. The first-order valence-corrected chi connectivity index (χ1v) is 10.8. The quantitative estimate of drug-likeness (QED) is 0.326. The number of aryl methyl sites for hydroxylation is 1. The maximum absolute atomic E-state index is 10.8. The van der Waals surface area contributed by atoms with E-state index in [9.17, 15) is 10.0 Å². The first kappa shape index (κ1) is 20.7. The Labute approximate surface area is 180 Å². The molecule has 6 nitrogen and oxygen atoms in total. The van der Waals surface area contributed by atoms with E-state index in [1.807, 2.05) is 49.4 Å². The van der Waals surface area contributed by atoms with Crippen LogP contribution >= 0.6 is 11.8 Å². The molecule has 1 aliphatic rings. The van der Waals surface area contributed by atoms with Gasteiger partial charge in [-0.15, -0.1) is 11.8 Å². The number of aromatic nitrogens is 1. The first-order chi connectivity index (χ1) is 14.6. The van der Waals surface area contributed by atoms with Gasteiger partial charge in [-0.1, -0.05) is 18.2 Å². The largest absolute Gasteiger partial charge is 0.489 e. The van der Waals surface area contributed by atoms with Gasteiger partial charge in [-0.3, -0.25) is 15.0 Å². The number of benzene rings is 2. The predicted octanol–water partition coefficient (Wildman–Crippen LogP) is 3.79. The van der Waals surface area contributed by atoms with E-state index in [2.05, 4.69) is 22.4 Å². The molecule has 1 aromatic heterocycles. The van der Waals surface area contributed by atoms with Gasteiger partial charge in [-0.05, 0) is 56.3 Å². The van der Waals surface area contributed by atoms with Crippen LogP contribution in [0.1, 0.15) is 17.7 Å². The summed E-state index contributed by atoms with van der Waals surface area (Å²) in [6, 6.07) is 18.1. The molecule has 2 N–H and O–H groups in total. The van der Waals surface area contributed by atoms with Crippen LogP contribution in [0.25, 0.3) is 10.9 Å². The van der Waals surface area contributed by atoms with Gasteiger partial charge in [0.15, 0.2) is 0 Å². The van der Waals surface area contributed by atoms with Gasteiger partial charge < -0.3 is 10.1 Å². The fourth-order valence-electron chi connectivity index (χ4n) is 3.84. The summed E-state index contributed by atoms with van der Waals surface area (Å²) in [7, 11) is 0. The molecule has 1 amide bonds. The van der Waals surface area contributed by atoms with Gasteiger partial charge in [0.05, 0.1) is 16.8 Å². The Morgan fingerprint density at radius 1 is 1.27 bits per heavy atom. The van der Waals surface area contributed by atoms with E-state index in [0.29, 0.717) is 19.6 Å². The number of carbonyl (C=O) groups excluding carboxylic acids is 1. The second-order valence-electron chi connectivity index (χ2n) is 7.61. The molecule has 156 valence electrons. The van der Waals surface area contributed by atoms with Crippen molar-refractivity contribution in [3.05, 3.63) is 65.9 Å². The normalized spacial score (nSPS) is 18.5. The Morgan fingerprint density at radius 2 is 2.07 bits per heavy atom. The third-order valence-electron chi connectivity index (χ3n) is 5.26. The Balaban J connectivity index is 1.44. The molecule has 2 aromatic carbocycles. The third-order valence-corrected chi connectivity index (χ3v) is 6.68. The Morgan fingerprint density at radius 3 is 2.80 bits per heavy atom. The van der Waals surface area contributed by atoms with Gasteiger partial charge in [0.1, 0.15) is 12.4 Å². The van der Waals surface area contributed by atoms with Gasteiger partial charge in [0.25, 0.3) is 0 Å². The minimum absolute atomic E-state index is 0.231. The first-order valence-electron chi connectivity index (χ1n) is 9.96. The van der Waals surface area contributed by atoms with Crippen molar-refractivity contribution in [3.63, 3.8) is 0 Å². The maximum Gasteiger partial charge on any atom is 0.233 e. The minimum atomic E-state index is -0.231.